The van der Waals surface area contributed by atoms with Crippen LogP contribution in [0.5, 0.6) is 0 Å². The standard InChI is InChI=1S/C40H71O9P/c1-4-6-7-8-9-12-16-20-25-30-37(41)31-26-21-18-23-27-32-39(42)47-34-38(35-48-50(44,45)46)49-40(43)33-28-22-17-14-11-10-13-15-19-24-29-36(3)5-2/h9,12,18,20-21,25-26,31,36-38,41H,4-8,10-11,13-17,19,22-24,27-30,32-35H2,1-3H3,(H2,44,45,46)/b12-9-,21-18+,25-20-,31-26-/t36?,37?,38-/m1/s1. The minimum atomic E-state index is -4.78. The van der Waals surface area contributed by atoms with Gasteiger partial charge >= 0.3 is 19.8 Å². The fourth-order valence-electron chi connectivity index (χ4n) is 5.13. The Morgan fingerprint density at radius 3 is 1.98 bits per heavy atom. The molecule has 0 aromatic rings. The molecular weight excluding hydrogens is 655 g/mol. The highest BCUT2D eigenvalue weighted by Gasteiger charge is 2.22. The van der Waals surface area contributed by atoms with Crippen molar-refractivity contribution in [3.63, 3.8) is 0 Å². The number of esters is 2. The number of hydrogen-bond acceptors (Lipinski definition) is 7. The van der Waals surface area contributed by atoms with Crippen LogP contribution in [0.25, 0.3) is 0 Å². The number of phosphoric ester groups is 1. The number of phosphoric acid groups is 1. The molecule has 0 aromatic heterocycles. The molecule has 10 heteroatoms. The summed E-state index contributed by atoms with van der Waals surface area (Å²) in [6.07, 6.45) is 35.7. The maximum Gasteiger partial charge on any atom is 0.469 e. The molecule has 290 valence electrons. The number of unbranched alkanes of at least 4 members (excludes halogenated alkanes) is 13. The van der Waals surface area contributed by atoms with Gasteiger partial charge in [-0.25, -0.2) is 4.57 Å². The van der Waals surface area contributed by atoms with E-state index in [2.05, 4.69) is 43.5 Å². The first kappa shape index (κ1) is 48.0. The van der Waals surface area contributed by atoms with E-state index in [9.17, 15) is 19.3 Å². The van der Waals surface area contributed by atoms with Crippen LogP contribution in [0, 0.1) is 5.92 Å². The van der Waals surface area contributed by atoms with E-state index in [-0.39, 0.29) is 19.4 Å². The highest BCUT2D eigenvalue weighted by atomic mass is 31.2. The number of allylic oxidation sites excluding steroid dienone is 6. The molecule has 0 heterocycles. The van der Waals surface area contributed by atoms with E-state index in [0.717, 1.165) is 38.0 Å². The van der Waals surface area contributed by atoms with Gasteiger partial charge in [0.05, 0.1) is 12.7 Å². The summed E-state index contributed by atoms with van der Waals surface area (Å²) in [4.78, 5) is 42.7. The van der Waals surface area contributed by atoms with Crippen molar-refractivity contribution >= 4 is 19.8 Å². The highest BCUT2D eigenvalue weighted by Crippen LogP contribution is 2.36. The van der Waals surface area contributed by atoms with Crippen molar-refractivity contribution in [3.05, 3.63) is 48.6 Å². The van der Waals surface area contributed by atoms with Crippen molar-refractivity contribution in [2.45, 2.75) is 174 Å². The van der Waals surface area contributed by atoms with E-state index in [4.69, 9.17) is 19.3 Å². The van der Waals surface area contributed by atoms with Crippen molar-refractivity contribution in [1.29, 1.82) is 0 Å². The average molecular weight is 727 g/mol. The third kappa shape index (κ3) is 35.8. The second kappa shape index (κ2) is 34.1. The molecule has 0 aliphatic rings. The zero-order chi connectivity index (χ0) is 37.1. The quantitative estimate of drug-likeness (QED) is 0.0194. The van der Waals surface area contributed by atoms with Crippen LogP contribution >= 0.6 is 7.82 Å². The molecule has 3 atom stereocenters. The SMILES string of the molecule is CCCCC/C=C\C/C=C\CC(O)/C=C\C=C\CCCC(=O)OC[C@H](COP(=O)(O)O)OC(=O)CCCCCCCCCCCCC(C)CC. The third-order valence-electron chi connectivity index (χ3n) is 8.47. The second-order valence-electron chi connectivity index (χ2n) is 13.4. The zero-order valence-electron chi connectivity index (χ0n) is 31.6. The monoisotopic (exact) mass is 726 g/mol. The van der Waals surface area contributed by atoms with E-state index in [1.165, 1.54) is 70.6 Å². The Kier molecular flexibility index (Phi) is 32.7. The van der Waals surface area contributed by atoms with Gasteiger partial charge in [-0.05, 0) is 50.9 Å². The molecule has 0 saturated carbocycles. The summed E-state index contributed by atoms with van der Waals surface area (Å²) < 4.78 is 26.2. The molecule has 0 fully saturated rings. The average Bonchev–Trinajstić information content (AvgIpc) is 3.08. The Labute approximate surface area is 304 Å². The van der Waals surface area contributed by atoms with E-state index in [1.54, 1.807) is 12.2 Å². The number of ether oxygens (including phenoxy) is 2. The van der Waals surface area contributed by atoms with Crippen LogP contribution in [-0.4, -0.2) is 52.3 Å². The van der Waals surface area contributed by atoms with Crippen LogP contribution in [0.15, 0.2) is 48.6 Å². The number of rotatable bonds is 34. The zero-order valence-corrected chi connectivity index (χ0v) is 32.5. The lowest BCUT2D eigenvalue weighted by molar-refractivity contribution is -0.161. The summed E-state index contributed by atoms with van der Waals surface area (Å²) in [7, 11) is -4.78. The van der Waals surface area contributed by atoms with E-state index >= 15 is 0 Å². The Morgan fingerprint density at radius 1 is 0.700 bits per heavy atom. The van der Waals surface area contributed by atoms with E-state index < -0.39 is 38.6 Å². The molecule has 0 radical (unpaired) electrons. The van der Waals surface area contributed by atoms with Crippen LogP contribution in [0.2, 0.25) is 0 Å². The Morgan fingerprint density at radius 2 is 1.32 bits per heavy atom. The predicted molar refractivity (Wildman–Crippen MR) is 203 cm³/mol. The van der Waals surface area contributed by atoms with Crippen LogP contribution in [0.3, 0.4) is 0 Å². The van der Waals surface area contributed by atoms with Crippen molar-refractivity contribution in [3.8, 4) is 0 Å². The van der Waals surface area contributed by atoms with Gasteiger partial charge in [-0.1, -0.05) is 153 Å². The van der Waals surface area contributed by atoms with Gasteiger partial charge < -0.3 is 24.4 Å². The molecule has 0 aliphatic heterocycles. The maximum atomic E-state index is 12.4. The van der Waals surface area contributed by atoms with Gasteiger partial charge in [0.25, 0.3) is 0 Å². The largest absolute Gasteiger partial charge is 0.469 e. The first-order valence-corrected chi connectivity index (χ1v) is 21.0. The number of hydrogen-bond donors (Lipinski definition) is 3. The molecule has 0 aromatic carbocycles. The van der Waals surface area contributed by atoms with Crippen molar-refractivity contribution in [1.82, 2.24) is 0 Å². The summed E-state index contributed by atoms with van der Waals surface area (Å²) in [6.45, 7) is 5.85. The van der Waals surface area contributed by atoms with Crippen LogP contribution in [0.1, 0.15) is 162 Å². The molecule has 50 heavy (non-hydrogen) atoms. The van der Waals surface area contributed by atoms with Crippen LogP contribution in [-0.2, 0) is 28.2 Å². The smallest absolute Gasteiger partial charge is 0.462 e. The molecule has 0 rings (SSSR count). The molecule has 0 spiro atoms. The Hall–Kier alpha value is -2.03. The molecule has 0 bridgehead atoms. The number of carbonyl (C=O) groups is 2. The summed E-state index contributed by atoms with van der Waals surface area (Å²) >= 11 is 0. The van der Waals surface area contributed by atoms with Gasteiger partial charge in [0.15, 0.2) is 6.10 Å². The predicted octanol–water partition coefficient (Wildman–Crippen LogP) is 10.4. The maximum absolute atomic E-state index is 12.4. The first-order chi connectivity index (χ1) is 24.1. The second-order valence-corrected chi connectivity index (χ2v) is 14.6. The minimum Gasteiger partial charge on any atom is -0.462 e. The van der Waals surface area contributed by atoms with Crippen molar-refractivity contribution < 1.29 is 43.0 Å². The van der Waals surface area contributed by atoms with Gasteiger partial charge in [0.1, 0.15) is 6.61 Å². The number of aliphatic hydroxyl groups excluding tert-OH is 1. The normalized spacial score (nSPS) is 14.3. The molecule has 0 aliphatic carbocycles. The Bertz CT molecular complexity index is 985. The minimum absolute atomic E-state index is 0.132. The summed E-state index contributed by atoms with van der Waals surface area (Å²) in [5, 5.41) is 10.1. The first-order valence-electron chi connectivity index (χ1n) is 19.4. The van der Waals surface area contributed by atoms with Crippen LogP contribution in [0.4, 0.5) is 0 Å². The molecule has 3 N–H and O–H groups in total. The lowest BCUT2D eigenvalue weighted by Gasteiger charge is -2.18. The summed E-state index contributed by atoms with van der Waals surface area (Å²) in [5.74, 6) is -0.178. The fourth-order valence-corrected chi connectivity index (χ4v) is 5.49. The van der Waals surface area contributed by atoms with Gasteiger partial charge in [0, 0.05) is 12.8 Å². The molecular formula is C40H71O9P. The topological polar surface area (TPSA) is 140 Å². The van der Waals surface area contributed by atoms with Gasteiger partial charge in [-0.15, -0.1) is 0 Å². The summed E-state index contributed by atoms with van der Waals surface area (Å²) in [5.41, 5.74) is 0. The van der Waals surface area contributed by atoms with Crippen molar-refractivity contribution in [2.24, 2.45) is 5.92 Å². The number of carbonyl (C=O) groups excluding carboxylic acids is 2. The van der Waals surface area contributed by atoms with Gasteiger partial charge in [-0.3, -0.25) is 14.1 Å². The van der Waals surface area contributed by atoms with Gasteiger partial charge in [-0.2, -0.15) is 0 Å². The molecule has 0 saturated heterocycles. The van der Waals surface area contributed by atoms with E-state index in [1.807, 2.05) is 18.2 Å². The van der Waals surface area contributed by atoms with E-state index in [0.29, 0.717) is 25.7 Å². The summed E-state index contributed by atoms with van der Waals surface area (Å²) in [6, 6.07) is 0. The third-order valence-corrected chi connectivity index (χ3v) is 8.96. The highest BCUT2D eigenvalue weighted by molar-refractivity contribution is 7.46. The fraction of sp³-hybridized carbons (Fsp3) is 0.750. The number of aliphatic hydroxyl groups is 1. The molecule has 0 amide bonds. The van der Waals surface area contributed by atoms with Crippen LogP contribution < -0.4 is 0 Å². The van der Waals surface area contributed by atoms with Gasteiger partial charge in [0.2, 0.25) is 0 Å². The van der Waals surface area contributed by atoms with Crippen molar-refractivity contribution in [2.75, 3.05) is 13.2 Å². The molecule has 2 unspecified atom stereocenters. The lowest BCUT2D eigenvalue weighted by Crippen LogP contribution is -2.29. The Balaban J connectivity index is 4.16. The molecule has 9 nitrogen and oxygen atoms in total. The lowest BCUT2D eigenvalue weighted by atomic mass is 9.99.